The van der Waals surface area contributed by atoms with Crippen LogP contribution in [0.4, 0.5) is 0 Å². The number of hydrogen-bond donors (Lipinski definition) is 2. The van der Waals surface area contributed by atoms with Gasteiger partial charge in [-0.25, -0.2) is 4.79 Å². The first kappa shape index (κ1) is 22.4. The molecule has 0 heterocycles. The minimum absolute atomic E-state index is 0.0253. The molecule has 4 rings (SSSR count). The molecule has 6 nitrogen and oxygen atoms in total. The van der Waals surface area contributed by atoms with Crippen molar-refractivity contribution in [1.82, 2.24) is 0 Å². The number of esters is 1. The highest BCUT2D eigenvalue weighted by molar-refractivity contribution is 5.94. The molecular formula is C25H34O6. The third kappa shape index (κ3) is 3.17. The molecule has 0 saturated heterocycles. The maximum absolute atomic E-state index is 13.1. The van der Waals surface area contributed by atoms with Crippen LogP contribution in [0.25, 0.3) is 0 Å². The van der Waals surface area contributed by atoms with E-state index in [0.717, 1.165) is 24.8 Å². The fourth-order valence-electron chi connectivity index (χ4n) is 7.52. The average molecular weight is 431 g/mol. The summed E-state index contributed by atoms with van der Waals surface area (Å²) in [7, 11) is 0. The smallest absolute Gasteiger partial charge is 0.333 e. The normalized spacial score (nSPS) is 43.9. The van der Waals surface area contributed by atoms with Crippen molar-refractivity contribution in [1.29, 1.82) is 0 Å². The van der Waals surface area contributed by atoms with Gasteiger partial charge < -0.3 is 14.9 Å². The second-order valence-corrected chi connectivity index (χ2v) is 10.8. The Morgan fingerprint density at radius 1 is 1.23 bits per heavy atom. The van der Waals surface area contributed by atoms with Crippen LogP contribution in [-0.2, 0) is 19.1 Å². The summed E-state index contributed by atoms with van der Waals surface area (Å²) in [5.74, 6) is -0.662. The molecule has 170 valence electrons. The summed E-state index contributed by atoms with van der Waals surface area (Å²) in [5, 5.41) is 22.9. The summed E-state index contributed by atoms with van der Waals surface area (Å²) in [6, 6.07) is 0. The van der Waals surface area contributed by atoms with Crippen molar-refractivity contribution >= 4 is 17.5 Å². The highest BCUT2D eigenvalue weighted by Gasteiger charge is 2.68. The standard InChI is InChI=1S/C25H34O6/c1-14(2)22(29)31-13-20(28)25(30)10-8-18-17-6-5-15-11-16(26)7-9-23(15,3)21(17)19(27)12-24(18,25)4/h11,17-19,21,27,30H,1,5-10,12-13H2,2-4H3/t17-,18-,19-,21+,23-,24-,25-/m0/s1. The van der Waals surface area contributed by atoms with Crippen LogP contribution in [0.5, 0.6) is 0 Å². The second kappa shape index (κ2) is 7.38. The van der Waals surface area contributed by atoms with Crippen molar-refractivity contribution in [3.05, 3.63) is 23.8 Å². The zero-order valence-electron chi connectivity index (χ0n) is 18.8. The molecule has 0 aromatic carbocycles. The molecule has 3 fully saturated rings. The average Bonchev–Trinajstić information content (AvgIpc) is 2.97. The molecule has 31 heavy (non-hydrogen) atoms. The van der Waals surface area contributed by atoms with E-state index in [2.05, 4.69) is 13.5 Å². The summed E-state index contributed by atoms with van der Waals surface area (Å²) in [6.45, 7) is 8.64. The minimum atomic E-state index is -1.63. The fourth-order valence-corrected chi connectivity index (χ4v) is 7.52. The lowest BCUT2D eigenvalue weighted by atomic mass is 9.45. The second-order valence-electron chi connectivity index (χ2n) is 10.8. The van der Waals surface area contributed by atoms with Crippen LogP contribution in [-0.4, -0.2) is 46.1 Å². The first-order valence-electron chi connectivity index (χ1n) is 11.4. The van der Waals surface area contributed by atoms with Crippen LogP contribution < -0.4 is 0 Å². The van der Waals surface area contributed by atoms with Crippen LogP contribution in [0.15, 0.2) is 23.8 Å². The van der Waals surface area contributed by atoms with Gasteiger partial charge in [-0.05, 0) is 74.7 Å². The van der Waals surface area contributed by atoms with Gasteiger partial charge in [-0.3, -0.25) is 9.59 Å². The van der Waals surface area contributed by atoms with Gasteiger partial charge in [0.05, 0.1) is 6.10 Å². The summed E-state index contributed by atoms with van der Waals surface area (Å²) < 4.78 is 5.05. The number of hydrogen-bond acceptors (Lipinski definition) is 6. The van der Waals surface area contributed by atoms with Gasteiger partial charge >= 0.3 is 5.97 Å². The van der Waals surface area contributed by atoms with Crippen molar-refractivity contribution in [3.63, 3.8) is 0 Å². The Morgan fingerprint density at radius 2 is 1.94 bits per heavy atom. The van der Waals surface area contributed by atoms with E-state index in [1.807, 2.05) is 6.92 Å². The fraction of sp³-hybridized carbons (Fsp3) is 0.720. The molecule has 0 unspecified atom stereocenters. The number of rotatable bonds is 4. The number of carbonyl (C=O) groups excluding carboxylic acids is 3. The Bertz CT molecular complexity index is 873. The van der Waals surface area contributed by atoms with Crippen LogP contribution in [0.1, 0.15) is 65.7 Å². The van der Waals surface area contributed by atoms with Gasteiger partial charge in [0.1, 0.15) is 5.60 Å². The first-order chi connectivity index (χ1) is 14.4. The Morgan fingerprint density at radius 3 is 2.61 bits per heavy atom. The Hall–Kier alpha value is -1.79. The monoisotopic (exact) mass is 430 g/mol. The highest BCUT2D eigenvalue weighted by Crippen LogP contribution is 2.67. The molecule has 3 saturated carbocycles. The van der Waals surface area contributed by atoms with Crippen LogP contribution in [0.3, 0.4) is 0 Å². The molecule has 0 aliphatic heterocycles. The molecule has 7 atom stereocenters. The topological polar surface area (TPSA) is 101 Å². The molecule has 0 amide bonds. The van der Waals surface area contributed by atoms with Crippen molar-refractivity contribution in [3.8, 4) is 0 Å². The molecule has 4 aliphatic carbocycles. The van der Waals surface area contributed by atoms with Crippen molar-refractivity contribution in [2.24, 2.45) is 28.6 Å². The van der Waals surface area contributed by atoms with E-state index in [-0.39, 0.29) is 34.5 Å². The van der Waals surface area contributed by atoms with Crippen molar-refractivity contribution in [2.45, 2.75) is 77.4 Å². The predicted molar refractivity (Wildman–Crippen MR) is 114 cm³/mol. The molecule has 0 aromatic heterocycles. The van der Waals surface area contributed by atoms with Crippen LogP contribution >= 0.6 is 0 Å². The Balaban J connectivity index is 1.61. The zero-order chi connectivity index (χ0) is 22.8. The van der Waals surface area contributed by atoms with Crippen LogP contribution in [0, 0.1) is 28.6 Å². The zero-order valence-corrected chi connectivity index (χ0v) is 18.8. The van der Waals surface area contributed by atoms with E-state index in [0.29, 0.717) is 25.7 Å². The van der Waals surface area contributed by atoms with E-state index in [9.17, 15) is 24.6 Å². The summed E-state index contributed by atoms with van der Waals surface area (Å²) >= 11 is 0. The largest absolute Gasteiger partial charge is 0.454 e. The summed E-state index contributed by atoms with van der Waals surface area (Å²) in [5.41, 5.74) is -1.25. The lowest BCUT2D eigenvalue weighted by Gasteiger charge is -2.60. The number of ether oxygens (including phenoxy) is 1. The number of aliphatic hydroxyl groups excluding tert-OH is 1. The van der Waals surface area contributed by atoms with E-state index in [1.165, 1.54) is 6.92 Å². The van der Waals surface area contributed by atoms with Gasteiger partial charge in [-0.2, -0.15) is 0 Å². The summed E-state index contributed by atoms with van der Waals surface area (Å²) in [6.07, 6.45) is 5.41. The number of ketones is 2. The van der Waals surface area contributed by atoms with Gasteiger partial charge in [0, 0.05) is 17.4 Å². The lowest BCUT2D eigenvalue weighted by molar-refractivity contribution is -0.184. The molecule has 0 bridgehead atoms. The quantitative estimate of drug-likeness (QED) is 0.525. The minimum Gasteiger partial charge on any atom is -0.454 e. The predicted octanol–water partition coefficient (Wildman–Crippen LogP) is 2.91. The van der Waals surface area contributed by atoms with Gasteiger partial charge in [0.2, 0.25) is 5.78 Å². The van der Waals surface area contributed by atoms with Crippen molar-refractivity contribution < 1.29 is 29.3 Å². The molecule has 0 radical (unpaired) electrons. The molecular weight excluding hydrogens is 396 g/mol. The summed E-state index contributed by atoms with van der Waals surface area (Å²) in [4.78, 5) is 36.8. The Labute approximate surface area is 183 Å². The third-order valence-corrected chi connectivity index (χ3v) is 9.19. The number of Topliss-reactive ketones (excluding diaryl/α,β-unsaturated/α-hetero) is 1. The van der Waals surface area contributed by atoms with Crippen LogP contribution in [0.2, 0.25) is 0 Å². The number of carbonyl (C=O) groups is 3. The maximum atomic E-state index is 13.1. The van der Waals surface area contributed by atoms with Gasteiger partial charge in [-0.15, -0.1) is 0 Å². The number of fused-ring (bicyclic) bond motifs is 5. The van der Waals surface area contributed by atoms with Gasteiger partial charge in [0.15, 0.2) is 12.4 Å². The molecule has 0 aromatic rings. The molecule has 4 aliphatic rings. The first-order valence-corrected chi connectivity index (χ1v) is 11.4. The molecule has 6 heteroatoms. The number of aliphatic hydroxyl groups is 2. The highest BCUT2D eigenvalue weighted by atomic mass is 16.5. The SMILES string of the molecule is C=C(C)C(=O)OCC(=O)[C@@]1(O)CC[C@H]2[C@@H]3CCC4=CC(=O)CC[C@]4(C)[C@H]3[C@@H](O)C[C@@]21C. The van der Waals surface area contributed by atoms with E-state index < -0.39 is 35.5 Å². The van der Waals surface area contributed by atoms with Gasteiger partial charge in [0.25, 0.3) is 0 Å². The number of allylic oxidation sites excluding steroid dienone is 1. The molecule has 0 spiro atoms. The van der Waals surface area contributed by atoms with Crippen molar-refractivity contribution in [2.75, 3.05) is 6.61 Å². The van der Waals surface area contributed by atoms with E-state index in [1.54, 1.807) is 6.08 Å². The molecule has 2 N–H and O–H groups in total. The third-order valence-electron chi connectivity index (χ3n) is 9.19. The lowest BCUT2D eigenvalue weighted by Crippen LogP contribution is -2.62. The maximum Gasteiger partial charge on any atom is 0.333 e. The van der Waals surface area contributed by atoms with Gasteiger partial charge in [-0.1, -0.05) is 26.0 Å². The Kier molecular flexibility index (Phi) is 5.33. The van der Waals surface area contributed by atoms with E-state index >= 15 is 0 Å². The van der Waals surface area contributed by atoms with E-state index in [4.69, 9.17) is 4.74 Å².